The first kappa shape index (κ1) is 29.6. The van der Waals surface area contributed by atoms with E-state index in [2.05, 4.69) is 10.2 Å². The molecular formula is C32H29N5O5. The van der Waals surface area contributed by atoms with Gasteiger partial charge in [-0.05, 0) is 29.3 Å². The number of methoxy groups -OCH3 is 2. The highest BCUT2D eigenvalue weighted by Gasteiger charge is 2.26. The number of benzene rings is 3. The number of aromatic nitrogens is 1. The van der Waals surface area contributed by atoms with Crippen molar-refractivity contribution < 1.29 is 19.1 Å². The van der Waals surface area contributed by atoms with E-state index in [1.807, 2.05) is 66.7 Å². The van der Waals surface area contributed by atoms with E-state index in [1.54, 1.807) is 18.0 Å². The maximum absolute atomic E-state index is 13.8. The van der Waals surface area contributed by atoms with Crippen molar-refractivity contribution in [1.82, 2.24) is 9.47 Å². The SMILES string of the molecule is COCc1c(N=Nc2ccc(C(=O)N(C)C(c3ccccc3)c3ccccc3)c(C=O)c2)c(OC)n(C)c(=O)c1C#N. The summed E-state index contributed by atoms with van der Waals surface area (Å²) in [5, 5.41) is 18.1. The van der Waals surface area contributed by atoms with Gasteiger partial charge in [-0.3, -0.25) is 19.0 Å². The highest BCUT2D eigenvalue weighted by atomic mass is 16.5. The number of carbonyl (C=O) groups excluding carboxylic acids is 2. The fraction of sp³-hybridized carbons (Fsp3) is 0.188. The molecule has 0 bridgehead atoms. The van der Waals surface area contributed by atoms with Crippen LogP contribution in [0.4, 0.5) is 11.4 Å². The second kappa shape index (κ2) is 13.3. The Morgan fingerprint density at radius 3 is 2.17 bits per heavy atom. The fourth-order valence-corrected chi connectivity index (χ4v) is 4.76. The molecule has 0 saturated carbocycles. The number of hydrogen-bond donors (Lipinski definition) is 0. The lowest BCUT2D eigenvalue weighted by atomic mass is 9.96. The Hall–Kier alpha value is -5.40. The largest absolute Gasteiger partial charge is 0.481 e. The minimum Gasteiger partial charge on any atom is -0.481 e. The van der Waals surface area contributed by atoms with E-state index in [0.717, 1.165) is 15.7 Å². The molecule has 0 unspecified atom stereocenters. The zero-order valence-electron chi connectivity index (χ0n) is 23.6. The first-order chi connectivity index (χ1) is 20.4. The quantitative estimate of drug-likeness (QED) is 0.185. The summed E-state index contributed by atoms with van der Waals surface area (Å²) >= 11 is 0. The molecule has 10 heteroatoms. The van der Waals surface area contributed by atoms with Crippen LogP contribution < -0.4 is 10.3 Å². The molecule has 0 aliphatic carbocycles. The average Bonchev–Trinajstić information content (AvgIpc) is 3.02. The van der Waals surface area contributed by atoms with Crippen molar-refractivity contribution in [3.8, 4) is 11.9 Å². The topological polar surface area (TPSA) is 126 Å². The van der Waals surface area contributed by atoms with Gasteiger partial charge in [-0.1, -0.05) is 60.7 Å². The number of hydrogen-bond acceptors (Lipinski definition) is 8. The average molecular weight is 564 g/mol. The van der Waals surface area contributed by atoms with Crippen LogP contribution in [0.3, 0.4) is 0 Å². The Balaban J connectivity index is 1.73. The van der Waals surface area contributed by atoms with Gasteiger partial charge in [0.1, 0.15) is 11.6 Å². The Kier molecular flexibility index (Phi) is 9.37. The molecule has 0 aliphatic rings. The molecule has 1 heterocycles. The molecule has 0 fully saturated rings. The number of pyridine rings is 1. The van der Waals surface area contributed by atoms with Crippen LogP contribution in [0.25, 0.3) is 0 Å². The van der Waals surface area contributed by atoms with Crippen LogP contribution in [0.15, 0.2) is 93.9 Å². The molecule has 1 amide bonds. The van der Waals surface area contributed by atoms with Crippen LogP contribution in [-0.2, 0) is 18.4 Å². The Bertz CT molecular complexity index is 1690. The van der Waals surface area contributed by atoms with Gasteiger partial charge in [-0.2, -0.15) is 10.4 Å². The van der Waals surface area contributed by atoms with E-state index >= 15 is 0 Å². The minimum absolute atomic E-state index is 0.0763. The predicted molar refractivity (Wildman–Crippen MR) is 156 cm³/mol. The Labute approximate surface area is 243 Å². The van der Waals surface area contributed by atoms with Gasteiger partial charge in [-0.25, -0.2) is 0 Å². The summed E-state index contributed by atoms with van der Waals surface area (Å²) in [6.07, 6.45) is 0.594. The number of nitrogens with zero attached hydrogens (tertiary/aromatic N) is 5. The zero-order chi connectivity index (χ0) is 30.2. The second-order valence-corrected chi connectivity index (χ2v) is 9.35. The molecule has 0 saturated heterocycles. The Morgan fingerprint density at radius 2 is 1.64 bits per heavy atom. The number of amides is 1. The standard InChI is InChI=1S/C32H29N5O5/c1-36(29(21-11-7-5-8-12-21)22-13-9-6-10-14-22)30(39)25-16-15-24(17-23(25)19-38)34-35-28-27(20-41-3)26(18-33)31(40)37(2)32(28)42-4/h5-17,19,29H,20H2,1-4H3. The number of carbonyl (C=O) groups is 2. The Morgan fingerprint density at radius 1 is 1.02 bits per heavy atom. The lowest BCUT2D eigenvalue weighted by Gasteiger charge is -2.29. The van der Waals surface area contributed by atoms with Crippen LogP contribution in [0.5, 0.6) is 5.88 Å². The van der Waals surface area contributed by atoms with Crippen molar-refractivity contribution in [2.24, 2.45) is 17.3 Å². The van der Waals surface area contributed by atoms with Crippen molar-refractivity contribution >= 4 is 23.6 Å². The van der Waals surface area contributed by atoms with Crippen molar-refractivity contribution in [3.63, 3.8) is 0 Å². The molecule has 0 spiro atoms. The van der Waals surface area contributed by atoms with Gasteiger partial charge < -0.3 is 14.4 Å². The van der Waals surface area contributed by atoms with Gasteiger partial charge in [0.25, 0.3) is 11.5 Å². The van der Waals surface area contributed by atoms with Crippen molar-refractivity contribution in [3.05, 3.63) is 123 Å². The fourth-order valence-electron chi connectivity index (χ4n) is 4.76. The summed E-state index contributed by atoms with van der Waals surface area (Å²) in [5.41, 5.74) is 2.12. The summed E-state index contributed by atoms with van der Waals surface area (Å²) in [5.74, 6) is -0.259. The summed E-state index contributed by atoms with van der Waals surface area (Å²) in [6.45, 7) is -0.0763. The number of aldehydes is 1. The van der Waals surface area contributed by atoms with E-state index in [9.17, 15) is 19.6 Å². The number of azo groups is 1. The van der Waals surface area contributed by atoms with Gasteiger partial charge in [0.15, 0.2) is 12.0 Å². The monoisotopic (exact) mass is 563 g/mol. The second-order valence-electron chi connectivity index (χ2n) is 9.35. The summed E-state index contributed by atoms with van der Waals surface area (Å²) in [6, 6.07) is 25.4. The van der Waals surface area contributed by atoms with E-state index in [-0.39, 0.29) is 58.1 Å². The van der Waals surface area contributed by atoms with Gasteiger partial charge in [0.05, 0.1) is 31.0 Å². The lowest BCUT2D eigenvalue weighted by Crippen LogP contribution is -2.32. The zero-order valence-corrected chi connectivity index (χ0v) is 23.6. The van der Waals surface area contributed by atoms with E-state index in [4.69, 9.17) is 9.47 Å². The molecule has 4 aromatic rings. The smallest absolute Gasteiger partial charge is 0.271 e. The maximum Gasteiger partial charge on any atom is 0.271 e. The third kappa shape index (κ3) is 5.87. The predicted octanol–water partition coefficient (Wildman–Crippen LogP) is 5.50. The molecule has 0 N–H and O–H groups in total. The molecule has 1 aromatic heterocycles. The number of rotatable bonds is 10. The molecule has 0 atom stereocenters. The maximum atomic E-state index is 13.8. The van der Waals surface area contributed by atoms with Gasteiger partial charge in [0, 0.05) is 32.3 Å². The molecular weight excluding hydrogens is 534 g/mol. The summed E-state index contributed by atoms with van der Waals surface area (Å²) < 4.78 is 11.7. The van der Waals surface area contributed by atoms with Crippen LogP contribution in [0, 0.1) is 11.3 Å². The van der Waals surface area contributed by atoms with Crippen molar-refractivity contribution in [1.29, 1.82) is 5.26 Å². The van der Waals surface area contributed by atoms with Crippen molar-refractivity contribution in [2.45, 2.75) is 12.6 Å². The number of ether oxygens (including phenoxy) is 2. The van der Waals surface area contributed by atoms with Crippen LogP contribution in [0.1, 0.15) is 49.0 Å². The van der Waals surface area contributed by atoms with Crippen molar-refractivity contribution in [2.75, 3.05) is 21.3 Å². The summed E-state index contributed by atoms with van der Waals surface area (Å²) in [7, 11) is 5.95. The normalized spacial score (nSPS) is 11.0. The van der Waals surface area contributed by atoms with E-state index in [0.29, 0.717) is 6.29 Å². The molecule has 4 rings (SSSR count). The number of nitriles is 1. The van der Waals surface area contributed by atoms with Crippen LogP contribution in [-0.4, -0.2) is 42.9 Å². The summed E-state index contributed by atoms with van der Waals surface area (Å²) in [4.78, 5) is 40.1. The molecule has 0 aliphatic heterocycles. The minimum atomic E-state index is -0.556. The highest BCUT2D eigenvalue weighted by molar-refractivity contribution is 6.02. The highest BCUT2D eigenvalue weighted by Crippen LogP contribution is 2.34. The van der Waals surface area contributed by atoms with Gasteiger partial charge >= 0.3 is 0 Å². The molecule has 212 valence electrons. The molecule has 0 radical (unpaired) electrons. The van der Waals surface area contributed by atoms with E-state index < -0.39 is 5.56 Å². The third-order valence-corrected chi connectivity index (χ3v) is 6.80. The first-order valence-electron chi connectivity index (χ1n) is 12.9. The molecule has 3 aromatic carbocycles. The van der Waals surface area contributed by atoms with Gasteiger partial charge in [-0.15, -0.1) is 5.11 Å². The lowest BCUT2D eigenvalue weighted by molar-refractivity contribution is 0.0752. The third-order valence-electron chi connectivity index (χ3n) is 6.80. The van der Waals surface area contributed by atoms with Gasteiger partial charge in [0.2, 0.25) is 5.88 Å². The van der Waals surface area contributed by atoms with E-state index in [1.165, 1.54) is 33.4 Å². The van der Waals surface area contributed by atoms with Crippen LogP contribution in [0.2, 0.25) is 0 Å². The first-order valence-corrected chi connectivity index (χ1v) is 12.9. The van der Waals surface area contributed by atoms with Crippen LogP contribution >= 0.6 is 0 Å². The molecule has 42 heavy (non-hydrogen) atoms. The molecule has 10 nitrogen and oxygen atoms in total.